The van der Waals surface area contributed by atoms with E-state index in [0.717, 1.165) is 38.8 Å². The Labute approximate surface area is 124 Å². The third-order valence-electron chi connectivity index (χ3n) is 4.08. The van der Waals surface area contributed by atoms with Gasteiger partial charge in [0.1, 0.15) is 0 Å². The first-order valence-electron chi connectivity index (χ1n) is 7.79. The second-order valence-electron chi connectivity index (χ2n) is 5.58. The minimum atomic E-state index is -0.104. The fraction of sp³-hybridized carbons (Fsp3) is 0.647. The molecule has 0 heterocycles. The summed E-state index contributed by atoms with van der Waals surface area (Å²) in [5.41, 5.74) is 1.15. The normalized spacial score (nSPS) is 14.0. The monoisotopic (exact) mass is 278 g/mol. The Balaban J connectivity index is 2.44. The smallest absolute Gasteiger partial charge is 0.0613 e. The molecule has 0 aliphatic carbocycles. The van der Waals surface area contributed by atoms with Gasteiger partial charge in [0.2, 0.25) is 0 Å². The molecule has 0 fully saturated rings. The highest BCUT2D eigenvalue weighted by atomic mass is 16.3. The minimum absolute atomic E-state index is 0.104. The summed E-state index contributed by atoms with van der Waals surface area (Å²) in [4.78, 5) is 2.28. The molecule has 0 bridgehead atoms. The number of aliphatic hydroxyl groups excluding tert-OH is 1. The van der Waals surface area contributed by atoms with E-state index in [9.17, 15) is 5.11 Å². The van der Waals surface area contributed by atoms with Gasteiger partial charge in [0.25, 0.3) is 0 Å². The Kier molecular flexibility index (Phi) is 7.63. The fourth-order valence-corrected chi connectivity index (χ4v) is 2.49. The summed E-state index contributed by atoms with van der Waals surface area (Å²) < 4.78 is 0. The van der Waals surface area contributed by atoms with Gasteiger partial charge in [-0.2, -0.15) is 0 Å². The third kappa shape index (κ3) is 5.14. The molecular weight excluding hydrogens is 248 g/mol. The van der Waals surface area contributed by atoms with Crippen LogP contribution in [0.1, 0.15) is 39.5 Å². The lowest BCUT2D eigenvalue weighted by molar-refractivity contribution is 0.145. The molecule has 2 N–H and O–H groups in total. The Bertz CT molecular complexity index is 349. The molecule has 0 saturated heterocycles. The molecule has 0 aliphatic rings. The lowest BCUT2D eigenvalue weighted by Crippen LogP contribution is -2.48. The van der Waals surface area contributed by atoms with E-state index in [0.29, 0.717) is 0 Å². The van der Waals surface area contributed by atoms with Crippen LogP contribution in [0, 0.1) is 0 Å². The van der Waals surface area contributed by atoms with Gasteiger partial charge in [0.15, 0.2) is 0 Å². The number of nitrogens with zero attached hydrogens (tertiary/aromatic N) is 1. The molecule has 0 radical (unpaired) electrons. The Hall–Kier alpha value is -1.06. The van der Waals surface area contributed by atoms with E-state index < -0.39 is 0 Å². The van der Waals surface area contributed by atoms with Gasteiger partial charge in [0.05, 0.1) is 6.61 Å². The highest BCUT2D eigenvalue weighted by molar-refractivity contribution is 5.44. The summed E-state index contributed by atoms with van der Waals surface area (Å²) in [6, 6.07) is 10.4. The van der Waals surface area contributed by atoms with Crippen LogP contribution in [0.5, 0.6) is 0 Å². The average molecular weight is 278 g/mol. The average Bonchev–Trinajstić information content (AvgIpc) is 2.51. The van der Waals surface area contributed by atoms with Crippen molar-refractivity contribution in [2.45, 2.75) is 45.1 Å². The molecular formula is C17H30N2O. The number of nitrogens with one attached hydrogen (secondary N) is 1. The van der Waals surface area contributed by atoms with Crippen LogP contribution in [0.25, 0.3) is 0 Å². The molecule has 0 aromatic heterocycles. The fourth-order valence-electron chi connectivity index (χ4n) is 2.49. The predicted octanol–water partition coefficient (Wildman–Crippen LogP) is 3.04. The standard InChI is InChI=1S/C17H30N2O/c1-4-13-18-17(5-2,15-20)12-9-14-19(3)16-10-7-6-8-11-16/h6-8,10-11,18,20H,4-5,9,12-15H2,1-3H3. The van der Waals surface area contributed by atoms with E-state index in [1.54, 1.807) is 0 Å². The Morgan fingerprint density at radius 1 is 1.20 bits per heavy atom. The van der Waals surface area contributed by atoms with Crippen molar-refractivity contribution < 1.29 is 5.11 Å². The molecule has 1 atom stereocenters. The number of hydrogen-bond donors (Lipinski definition) is 2. The molecule has 1 unspecified atom stereocenters. The van der Waals surface area contributed by atoms with Crippen molar-refractivity contribution in [2.75, 3.05) is 31.6 Å². The molecule has 20 heavy (non-hydrogen) atoms. The van der Waals surface area contributed by atoms with Crippen LogP contribution < -0.4 is 10.2 Å². The minimum Gasteiger partial charge on any atom is -0.394 e. The predicted molar refractivity (Wildman–Crippen MR) is 87.3 cm³/mol. The summed E-state index contributed by atoms with van der Waals surface area (Å²) >= 11 is 0. The Morgan fingerprint density at radius 3 is 2.45 bits per heavy atom. The number of para-hydroxylation sites is 1. The molecule has 0 aliphatic heterocycles. The highest BCUT2D eigenvalue weighted by Crippen LogP contribution is 2.19. The van der Waals surface area contributed by atoms with Crippen LogP contribution in [0.4, 0.5) is 5.69 Å². The lowest BCUT2D eigenvalue weighted by atomic mass is 9.91. The van der Waals surface area contributed by atoms with Gasteiger partial charge in [-0.15, -0.1) is 0 Å². The maximum atomic E-state index is 9.71. The van der Waals surface area contributed by atoms with E-state index >= 15 is 0 Å². The van der Waals surface area contributed by atoms with Crippen molar-refractivity contribution >= 4 is 5.69 Å². The SMILES string of the molecule is CCCNC(CC)(CO)CCCN(C)c1ccccc1. The van der Waals surface area contributed by atoms with Crippen LogP contribution >= 0.6 is 0 Å². The van der Waals surface area contributed by atoms with Gasteiger partial charge in [-0.1, -0.05) is 32.0 Å². The van der Waals surface area contributed by atoms with Crippen molar-refractivity contribution in [3.05, 3.63) is 30.3 Å². The van der Waals surface area contributed by atoms with Crippen LogP contribution in [0.2, 0.25) is 0 Å². The zero-order valence-electron chi connectivity index (χ0n) is 13.2. The topological polar surface area (TPSA) is 35.5 Å². The first-order chi connectivity index (χ1) is 9.67. The van der Waals surface area contributed by atoms with Crippen LogP contribution in [-0.2, 0) is 0 Å². The summed E-state index contributed by atoms with van der Waals surface area (Å²) in [5.74, 6) is 0. The molecule has 3 heteroatoms. The largest absolute Gasteiger partial charge is 0.394 e. The zero-order valence-corrected chi connectivity index (χ0v) is 13.2. The van der Waals surface area contributed by atoms with Crippen molar-refractivity contribution in [1.82, 2.24) is 5.32 Å². The molecule has 0 amide bonds. The molecule has 114 valence electrons. The van der Waals surface area contributed by atoms with E-state index in [1.807, 2.05) is 6.07 Å². The molecule has 1 aromatic rings. The van der Waals surface area contributed by atoms with Gasteiger partial charge >= 0.3 is 0 Å². The van der Waals surface area contributed by atoms with Gasteiger partial charge in [0, 0.05) is 24.8 Å². The van der Waals surface area contributed by atoms with Crippen LogP contribution in [-0.4, -0.2) is 37.4 Å². The maximum Gasteiger partial charge on any atom is 0.0613 e. The number of hydrogen-bond acceptors (Lipinski definition) is 3. The quantitative estimate of drug-likeness (QED) is 0.690. The number of anilines is 1. The number of benzene rings is 1. The summed E-state index contributed by atoms with van der Waals surface area (Å²) in [7, 11) is 2.13. The van der Waals surface area contributed by atoms with Crippen molar-refractivity contribution in [3.8, 4) is 0 Å². The van der Waals surface area contributed by atoms with Crippen LogP contribution in [0.3, 0.4) is 0 Å². The molecule has 1 rings (SSSR count). The number of rotatable bonds is 10. The number of aliphatic hydroxyl groups is 1. The first kappa shape index (κ1) is 17.0. The van der Waals surface area contributed by atoms with Gasteiger partial charge in [-0.25, -0.2) is 0 Å². The van der Waals surface area contributed by atoms with Crippen molar-refractivity contribution in [3.63, 3.8) is 0 Å². The van der Waals surface area contributed by atoms with Gasteiger partial charge in [-0.05, 0) is 44.4 Å². The first-order valence-corrected chi connectivity index (χ1v) is 7.79. The molecule has 0 saturated carbocycles. The van der Waals surface area contributed by atoms with Gasteiger partial charge in [-0.3, -0.25) is 0 Å². The molecule has 0 spiro atoms. The second kappa shape index (κ2) is 8.98. The molecule has 1 aromatic carbocycles. The van der Waals surface area contributed by atoms with E-state index in [2.05, 4.69) is 55.4 Å². The zero-order chi connectivity index (χ0) is 14.8. The van der Waals surface area contributed by atoms with Gasteiger partial charge < -0.3 is 15.3 Å². The van der Waals surface area contributed by atoms with Crippen molar-refractivity contribution in [2.24, 2.45) is 0 Å². The third-order valence-corrected chi connectivity index (χ3v) is 4.08. The molecule has 3 nitrogen and oxygen atoms in total. The summed E-state index contributed by atoms with van der Waals surface area (Å²) in [6.07, 6.45) is 4.16. The summed E-state index contributed by atoms with van der Waals surface area (Å²) in [5, 5.41) is 13.2. The Morgan fingerprint density at radius 2 is 1.90 bits per heavy atom. The van der Waals surface area contributed by atoms with E-state index in [4.69, 9.17) is 0 Å². The van der Waals surface area contributed by atoms with Crippen LogP contribution in [0.15, 0.2) is 30.3 Å². The maximum absolute atomic E-state index is 9.71. The van der Waals surface area contributed by atoms with E-state index in [-0.39, 0.29) is 12.1 Å². The summed E-state index contributed by atoms with van der Waals surface area (Å²) in [6.45, 7) is 6.52. The van der Waals surface area contributed by atoms with Crippen molar-refractivity contribution in [1.29, 1.82) is 0 Å². The lowest BCUT2D eigenvalue weighted by Gasteiger charge is -2.33. The second-order valence-corrected chi connectivity index (χ2v) is 5.58. The highest BCUT2D eigenvalue weighted by Gasteiger charge is 2.25. The van der Waals surface area contributed by atoms with E-state index in [1.165, 1.54) is 5.69 Å².